The Morgan fingerprint density at radius 3 is 1.24 bits per heavy atom. The van der Waals surface area contributed by atoms with Gasteiger partial charge in [-0.15, -0.1) is 23.2 Å². The topological polar surface area (TPSA) is 410 Å². The van der Waals surface area contributed by atoms with Crippen molar-refractivity contribution < 1.29 is 91.8 Å². The van der Waals surface area contributed by atoms with Crippen LogP contribution in [-0.4, -0.2) is 197 Å². The maximum atomic E-state index is 14.0. The lowest BCUT2D eigenvalue weighted by Crippen LogP contribution is -2.46. The highest BCUT2D eigenvalue weighted by atomic mass is 79.9. The lowest BCUT2D eigenvalue weighted by Gasteiger charge is -2.26. The zero-order valence-electron chi connectivity index (χ0n) is 54.6. The number of aromatic nitrogens is 2. The maximum Gasteiger partial charge on any atom is 0.337 e. The van der Waals surface area contributed by atoms with Gasteiger partial charge in [0, 0.05) is 130 Å². The molecule has 107 heavy (non-hydrogen) atoms. The van der Waals surface area contributed by atoms with E-state index in [1.165, 1.54) is 41.3 Å². The predicted molar refractivity (Wildman–Crippen MR) is 397 cm³/mol. The highest BCUT2D eigenvalue weighted by Gasteiger charge is 2.41. The molecule has 6 aliphatic heterocycles. The molecule has 2 atom stereocenters. The van der Waals surface area contributed by atoms with Crippen LogP contribution >= 0.6 is 86.9 Å². The number of H-pyrrole nitrogens is 2. The van der Waals surface area contributed by atoms with Crippen LogP contribution in [-0.2, 0) is 57.4 Å². The van der Waals surface area contributed by atoms with Crippen molar-refractivity contribution in [2.45, 2.75) is 24.0 Å². The fourth-order valence-corrected chi connectivity index (χ4v) is 15.0. The number of phenolic OH excluding ortho intramolecular Hbond substituents is 1. The highest BCUT2D eigenvalue weighted by Crippen LogP contribution is 2.48. The Morgan fingerprint density at radius 1 is 0.514 bits per heavy atom. The van der Waals surface area contributed by atoms with E-state index in [9.17, 15) is 82.9 Å². The molecule has 0 saturated heterocycles. The van der Waals surface area contributed by atoms with Crippen molar-refractivity contribution in [2.24, 2.45) is 0 Å². The average molecular weight is 1760 g/mol. The van der Waals surface area contributed by atoms with Gasteiger partial charge >= 0.3 is 11.9 Å². The smallest absolute Gasteiger partial charge is 0.337 e. The number of hydrogen-bond donors (Lipinski definition) is 4. The van der Waals surface area contributed by atoms with Gasteiger partial charge in [0.2, 0.25) is 0 Å². The number of aromatic amines is 2. The summed E-state index contributed by atoms with van der Waals surface area (Å²) in [6.45, 7) is -2.19. The number of esters is 1. The molecule has 8 aromatic rings. The zero-order valence-corrected chi connectivity index (χ0v) is 62.4. The Bertz CT molecular complexity index is 5290. The standard InChI is InChI=1S/C35H24Br2ClN5O10.C22H16ClN3O4.C13H10Br2N2O7/c36-23-9-29(44)41(33(23)47)14-20(15-42-30(45)10-24(37)34(42)48)52-16-31(46)53-28-11-27-32(22-4-2-1-3-21(22)28)18(12-38)13-40(27)35(49)26-8-17-7-19(43(50)51)5-6-25(17)39-26;23-10-13-11-25(19-9-20(27)15-3-1-2-4-16(15)21(13)19)22(28)18-8-12-7-14(26(29)30)5-6-17(12)24-18;14-7-1-9(18)16(12(7)22)3-6(24-5-11(20)21)4-17-10(19)2-8(15)13(17)23/h1-11,18,20,39H,12-16H2;1-9,13,24,27H,10-11H2;1-2,6H,3-5H2,(H,20,21)/t18-;13-;/m11./s1. The third-order valence-electron chi connectivity index (χ3n) is 17.7. The number of carbonyl (C=O) groups excluding carboxylic acids is 11. The molecule has 0 aliphatic carbocycles. The Morgan fingerprint density at radius 2 is 0.879 bits per heavy atom. The van der Waals surface area contributed by atoms with Crippen LogP contribution in [0.25, 0.3) is 43.4 Å². The van der Waals surface area contributed by atoms with E-state index >= 15 is 0 Å². The number of rotatable bonds is 21. The van der Waals surface area contributed by atoms with Crippen molar-refractivity contribution in [2.75, 3.05) is 74.0 Å². The van der Waals surface area contributed by atoms with Crippen molar-refractivity contribution in [3.63, 3.8) is 0 Å². The number of amides is 10. The van der Waals surface area contributed by atoms with Gasteiger partial charge in [0.05, 0.1) is 77.5 Å². The Kier molecular flexibility index (Phi) is 22.3. The number of anilines is 2. The molecule has 0 saturated carbocycles. The fraction of sp³-hybridized carbons (Fsp3) is 0.200. The Hall–Kier alpha value is -10.7. The number of aromatic hydroxyl groups is 1. The van der Waals surface area contributed by atoms with E-state index in [4.69, 9.17) is 42.5 Å². The summed E-state index contributed by atoms with van der Waals surface area (Å²) in [4.78, 5) is 183. The lowest BCUT2D eigenvalue weighted by atomic mass is 9.95. The van der Waals surface area contributed by atoms with E-state index in [1.807, 2.05) is 30.3 Å². The molecule has 548 valence electrons. The van der Waals surface area contributed by atoms with Crippen LogP contribution in [0.2, 0.25) is 0 Å². The third-order valence-corrected chi connectivity index (χ3v) is 20.8. The van der Waals surface area contributed by atoms with Crippen LogP contribution in [0.3, 0.4) is 0 Å². The summed E-state index contributed by atoms with van der Waals surface area (Å²) in [6.07, 6.45) is 2.07. The lowest BCUT2D eigenvalue weighted by molar-refractivity contribution is -0.384. The van der Waals surface area contributed by atoms with Gasteiger partial charge < -0.3 is 44.2 Å². The number of non-ortho nitro benzene ring substituents is 2. The molecule has 4 N–H and O–H groups in total. The van der Waals surface area contributed by atoms with Crippen LogP contribution in [0.15, 0.2) is 151 Å². The quantitative estimate of drug-likeness (QED) is 0.0130. The summed E-state index contributed by atoms with van der Waals surface area (Å²) in [7, 11) is 0. The number of alkyl halides is 2. The van der Waals surface area contributed by atoms with Gasteiger partial charge in [-0.3, -0.25) is 87.8 Å². The first kappa shape index (κ1) is 76.0. The number of nitro benzene ring substituents is 2. The minimum Gasteiger partial charge on any atom is -0.507 e. The number of nitrogens with one attached hydrogen (secondary N) is 2. The zero-order chi connectivity index (χ0) is 76.7. The minimum atomic E-state index is -1.27. The summed E-state index contributed by atoms with van der Waals surface area (Å²) >= 11 is 24.6. The number of hydrogen-bond acceptors (Lipinski definition) is 20. The number of phenols is 1. The molecule has 6 aliphatic rings. The summed E-state index contributed by atoms with van der Waals surface area (Å²) in [5, 5.41) is 45.5. The monoisotopic (exact) mass is 1750 g/mol. The maximum absolute atomic E-state index is 14.0. The molecule has 2 aromatic heterocycles. The van der Waals surface area contributed by atoms with E-state index in [0.29, 0.717) is 62.1 Å². The number of aliphatic carboxylic acids is 1. The summed E-state index contributed by atoms with van der Waals surface area (Å²) in [5.74, 6) is -7.54. The number of nitro groups is 2. The highest BCUT2D eigenvalue weighted by molar-refractivity contribution is 9.12. The molecule has 14 rings (SSSR count). The molecule has 37 heteroatoms. The van der Waals surface area contributed by atoms with Crippen LogP contribution < -0.4 is 14.5 Å². The first-order valence-electron chi connectivity index (χ1n) is 31.7. The first-order valence-corrected chi connectivity index (χ1v) is 35.9. The Labute approximate surface area is 644 Å². The van der Waals surface area contributed by atoms with Crippen molar-refractivity contribution in [3.05, 3.63) is 194 Å². The van der Waals surface area contributed by atoms with E-state index in [1.54, 1.807) is 47.4 Å². The largest absolute Gasteiger partial charge is 0.507 e. The number of benzene rings is 6. The van der Waals surface area contributed by atoms with Crippen LogP contribution in [0.5, 0.6) is 11.5 Å². The average Bonchev–Trinajstić information content (AvgIpc) is 1.63. The minimum absolute atomic E-state index is 0.0133. The molecule has 0 fully saturated rings. The second-order valence-electron chi connectivity index (χ2n) is 24.4. The molecule has 6 aromatic carbocycles. The van der Waals surface area contributed by atoms with Crippen molar-refractivity contribution in [1.29, 1.82) is 0 Å². The van der Waals surface area contributed by atoms with E-state index in [2.05, 4.69) is 73.7 Å². The second kappa shape index (κ2) is 31.4. The predicted octanol–water partition coefficient (Wildman–Crippen LogP) is 9.47. The summed E-state index contributed by atoms with van der Waals surface area (Å²) in [5.41, 5.74) is 4.30. The first-order chi connectivity index (χ1) is 51.0. The van der Waals surface area contributed by atoms with Gasteiger partial charge in [-0.2, -0.15) is 0 Å². The normalized spacial score (nSPS) is 16.9. The van der Waals surface area contributed by atoms with Crippen molar-refractivity contribution in [1.82, 2.24) is 29.6 Å². The van der Waals surface area contributed by atoms with Gasteiger partial charge in [-0.1, -0.05) is 48.5 Å². The number of fused-ring (bicyclic) bond motifs is 8. The number of imide groups is 4. The molecule has 10 amide bonds. The number of carboxylic acids is 1. The SMILES string of the molecule is O=C(COC(CN1C(=O)C=C(Br)C1=O)CN1C(=O)C=C(Br)C1=O)Oc1cc2c(c3ccccc13)[C@H](CCl)CN2C(=O)c1cc2cc([N+](=O)[O-])ccc2[nH]1.O=C(O)COC(CN1C(=O)C=C(Br)C1=O)CN1C(=O)C=C(Br)C1=O.O=C(c1cc2cc([N+](=O)[O-])ccc2[nH]1)N1C[C@@H](CCl)c2c1cc(O)c1ccccc21. The van der Waals surface area contributed by atoms with Crippen molar-refractivity contribution in [3.8, 4) is 11.5 Å². The summed E-state index contributed by atoms with van der Waals surface area (Å²) < 4.78 is 16.9. The number of halogens is 6. The Balaban J connectivity index is 0.000000167. The van der Waals surface area contributed by atoms with Gasteiger partial charge in [-0.05, 0) is 110 Å². The molecule has 0 unspecified atom stereocenters. The molecule has 31 nitrogen and oxygen atoms in total. The molecular weight excluding hydrogens is 1710 g/mol. The van der Waals surface area contributed by atoms with E-state index < -0.39 is 100 Å². The van der Waals surface area contributed by atoms with Gasteiger partial charge in [0.25, 0.3) is 70.4 Å². The molecule has 0 bridgehead atoms. The molecular formula is C70H50Br4Cl2N10O21. The number of carbonyl (C=O) groups is 12. The van der Waals surface area contributed by atoms with E-state index in [-0.39, 0.29) is 103 Å². The number of ether oxygens (including phenoxy) is 3. The van der Waals surface area contributed by atoms with E-state index in [0.717, 1.165) is 65.8 Å². The van der Waals surface area contributed by atoms with Gasteiger partial charge in [0.15, 0.2) is 0 Å². The second-order valence-corrected chi connectivity index (χ2v) is 28.4. The van der Waals surface area contributed by atoms with Crippen molar-refractivity contribution >= 4 is 224 Å². The summed E-state index contributed by atoms with van der Waals surface area (Å²) in [6, 6.07) is 29.6. The third kappa shape index (κ3) is 15.5. The molecule has 8 heterocycles. The molecule has 0 spiro atoms. The molecule has 0 radical (unpaired) electrons. The number of nitrogens with zero attached hydrogens (tertiary/aromatic N) is 8. The van der Waals surface area contributed by atoms with Crippen LogP contribution in [0.4, 0.5) is 22.7 Å². The van der Waals surface area contributed by atoms with Gasteiger partial charge in [0.1, 0.15) is 36.1 Å². The fourth-order valence-electron chi connectivity index (χ4n) is 12.8. The van der Waals surface area contributed by atoms with Gasteiger partial charge in [-0.25, -0.2) is 9.59 Å². The van der Waals surface area contributed by atoms with Crippen LogP contribution in [0, 0.1) is 20.2 Å². The number of carboxylic acid groups (broad SMARTS) is 1. The van der Waals surface area contributed by atoms with Crippen LogP contribution in [0.1, 0.15) is 43.9 Å².